The Labute approximate surface area is 106 Å². The number of hydrogen-bond donors (Lipinski definition) is 0. The number of aldehydes is 1. The standard InChI is InChI=1S/C15H16O3/c1-3-11(2)12-4-6-13(7-5-12)17-15-9-8-14(10-16)18-15/h4-11H,3H2,1-2H3. The normalized spacial score (nSPS) is 12.1. The quantitative estimate of drug-likeness (QED) is 0.732. The van der Waals surface area contributed by atoms with Crippen LogP contribution in [0.4, 0.5) is 0 Å². The number of benzene rings is 1. The molecule has 0 bridgehead atoms. The van der Waals surface area contributed by atoms with E-state index in [4.69, 9.17) is 9.15 Å². The van der Waals surface area contributed by atoms with Gasteiger partial charge in [-0.25, -0.2) is 0 Å². The number of rotatable bonds is 5. The fourth-order valence-electron chi connectivity index (χ4n) is 1.67. The Morgan fingerprint density at radius 1 is 1.22 bits per heavy atom. The van der Waals surface area contributed by atoms with Crippen molar-refractivity contribution in [2.75, 3.05) is 0 Å². The van der Waals surface area contributed by atoms with Crippen LogP contribution >= 0.6 is 0 Å². The Kier molecular flexibility index (Phi) is 3.82. The molecule has 0 aliphatic rings. The molecule has 1 aromatic carbocycles. The van der Waals surface area contributed by atoms with Crippen molar-refractivity contribution in [3.8, 4) is 11.7 Å². The zero-order valence-electron chi connectivity index (χ0n) is 10.6. The second kappa shape index (κ2) is 5.54. The lowest BCUT2D eigenvalue weighted by Crippen LogP contribution is -1.90. The highest BCUT2D eigenvalue weighted by Crippen LogP contribution is 2.26. The van der Waals surface area contributed by atoms with E-state index in [1.54, 1.807) is 12.1 Å². The molecule has 0 aliphatic heterocycles. The molecule has 0 aliphatic carbocycles. The largest absolute Gasteiger partial charge is 0.426 e. The summed E-state index contributed by atoms with van der Waals surface area (Å²) in [5.74, 6) is 1.84. The van der Waals surface area contributed by atoms with Crippen molar-refractivity contribution in [1.82, 2.24) is 0 Å². The molecule has 1 unspecified atom stereocenters. The number of carbonyl (C=O) groups excluding carboxylic acids is 1. The van der Waals surface area contributed by atoms with Crippen LogP contribution in [0.25, 0.3) is 0 Å². The third-order valence-corrected chi connectivity index (χ3v) is 3.00. The highest BCUT2D eigenvalue weighted by molar-refractivity contribution is 5.70. The summed E-state index contributed by atoms with van der Waals surface area (Å²) in [4.78, 5) is 10.5. The highest BCUT2D eigenvalue weighted by Gasteiger charge is 2.05. The fraction of sp³-hybridized carbons (Fsp3) is 0.267. The predicted molar refractivity (Wildman–Crippen MR) is 69.3 cm³/mol. The lowest BCUT2D eigenvalue weighted by molar-refractivity contribution is 0.109. The Bertz CT molecular complexity index is 511. The first-order valence-electron chi connectivity index (χ1n) is 6.05. The Balaban J connectivity index is 2.08. The van der Waals surface area contributed by atoms with Crippen molar-refractivity contribution in [3.05, 3.63) is 47.7 Å². The van der Waals surface area contributed by atoms with Crippen LogP contribution in [0, 0.1) is 0 Å². The van der Waals surface area contributed by atoms with Crippen molar-refractivity contribution in [2.24, 2.45) is 0 Å². The molecule has 94 valence electrons. The minimum atomic E-state index is 0.265. The molecular formula is C15H16O3. The van der Waals surface area contributed by atoms with E-state index in [9.17, 15) is 4.79 Å². The van der Waals surface area contributed by atoms with E-state index in [0.717, 1.165) is 6.42 Å². The smallest absolute Gasteiger partial charge is 0.290 e. The molecule has 0 saturated carbocycles. The van der Waals surface area contributed by atoms with Gasteiger partial charge in [0.2, 0.25) is 0 Å². The summed E-state index contributed by atoms with van der Waals surface area (Å²) in [6.45, 7) is 4.36. The molecule has 1 aromatic heterocycles. The Hall–Kier alpha value is -2.03. The predicted octanol–water partition coefficient (Wildman–Crippen LogP) is 4.40. The molecule has 0 N–H and O–H groups in total. The molecule has 2 rings (SSSR count). The van der Waals surface area contributed by atoms with Gasteiger partial charge in [-0.15, -0.1) is 0 Å². The molecule has 0 saturated heterocycles. The van der Waals surface area contributed by atoms with Crippen LogP contribution in [0.3, 0.4) is 0 Å². The van der Waals surface area contributed by atoms with E-state index in [2.05, 4.69) is 13.8 Å². The number of carbonyl (C=O) groups is 1. The third-order valence-electron chi connectivity index (χ3n) is 3.00. The lowest BCUT2D eigenvalue weighted by Gasteiger charge is -2.09. The average Bonchev–Trinajstić information content (AvgIpc) is 2.86. The van der Waals surface area contributed by atoms with Gasteiger partial charge in [0.05, 0.1) is 0 Å². The summed E-state index contributed by atoms with van der Waals surface area (Å²) in [5.41, 5.74) is 1.29. The van der Waals surface area contributed by atoms with Gasteiger partial charge in [0.1, 0.15) is 5.75 Å². The molecule has 0 spiro atoms. The van der Waals surface area contributed by atoms with E-state index < -0.39 is 0 Å². The molecule has 3 heteroatoms. The monoisotopic (exact) mass is 244 g/mol. The summed E-state index contributed by atoms with van der Waals surface area (Å²) in [6.07, 6.45) is 1.76. The van der Waals surface area contributed by atoms with Gasteiger partial charge in [-0.1, -0.05) is 26.0 Å². The van der Waals surface area contributed by atoms with Gasteiger partial charge in [-0.05, 0) is 36.1 Å². The molecular weight excluding hydrogens is 228 g/mol. The lowest BCUT2D eigenvalue weighted by atomic mass is 9.99. The highest BCUT2D eigenvalue weighted by atomic mass is 16.6. The Morgan fingerprint density at radius 2 is 1.94 bits per heavy atom. The van der Waals surface area contributed by atoms with Crippen LogP contribution in [0.2, 0.25) is 0 Å². The van der Waals surface area contributed by atoms with Gasteiger partial charge in [0.25, 0.3) is 5.95 Å². The molecule has 3 nitrogen and oxygen atoms in total. The van der Waals surface area contributed by atoms with Crippen LogP contribution in [0.5, 0.6) is 11.7 Å². The van der Waals surface area contributed by atoms with Crippen LogP contribution in [0.15, 0.2) is 40.8 Å². The first-order valence-corrected chi connectivity index (χ1v) is 6.05. The zero-order chi connectivity index (χ0) is 13.0. The molecule has 2 aromatic rings. The van der Waals surface area contributed by atoms with Crippen LogP contribution in [-0.2, 0) is 0 Å². The SMILES string of the molecule is CCC(C)c1ccc(Oc2ccc(C=O)o2)cc1. The number of furan rings is 1. The molecule has 1 atom stereocenters. The van der Waals surface area contributed by atoms with Gasteiger partial charge in [-0.2, -0.15) is 0 Å². The van der Waals surface area contributed by atoms with E-state index >= 15 is 0 Å². The molecule has 0 amide bonds. The first kappa shape index (κ1) is 12.4. The summed E-state index contributed by atoms with van der Waals surface area (Å²) in [7, 11) is 0. The average molecular weight is 244 g/mol. The Morgan fingerprint density at radius 3 is 2.50 bits per heavy atom. The fourth-order valence-corrected chi connectivity index (χ4v) is 1.67. The summed E-state index contributed by atoms with van der Waals surface area (Å²) >= 11 is 0. The maximum Gasteiger partial charge on any atom is 0.290 e. The van der Waals surface area contributed by atoms with E-state index in [1.165, 1.54) is 5.56 Å². The van der Waals surface area contributed by atoms with E-state index in [-0.39, 0.29) is 5.76 Å². The maximum atomic E-state index is 10.5. The van der Waals surface area contributed by atoms with Crippen LogP contribution in [0.1, 0.15) is 42.3 Å². The van der Waals surface area contributed by atoms with Crippen LogP contribution < -0.4 is 4.74 Å². The van der Waals surface area contributed by atoms with Crippen molar-refractivity contribution in [1.29, 1.82) is 0 Å². The van der Waals surface area contributed by atoms with Crippen molar-refractivity contribution in [3.63, 3.8) is 0 Å². The van der Waals surface area contributed by atoms with Crippen molar-refractivity contribution in [2.45, 2.75) is 26.2 Å². The van der Waals surface area contributed by atoms with Crippen molar-refractivity contribution >= 4 is 6.29 Å². The minimum Gasteiger partial charge on any atom is -0.426 e. The summed E-state index contributed by atoms with van der Waals surface area (Å²) in [5, 5.41) is 0. The molecule has 1 heterocycles. The van der Waals surface area contributed by atoms with E-state index in [0.29, 0.717) is 23.9 Å². The van der Waals surface area contributed by atoms with Gasteiger partial charge in [0, 0.05) is 6.07 Å². The second-order valence-corrected chi connectivity index (χ2v) is 4.26. The summed E-state index contributed by atoms with van der Waals surface area (Å²) < 4.78 is 10.6. The van der Waals surface area contributed by atoms with Gasteiger partial charge in [-0.3, -0.25) is 4.79 Å². The maximum absolute atomic E-state index is 10.5. The molecule has 18 heavy (non-hydrogen) atoms. The molecule has 0 radical (unpaired) electrons. The molecule has 0 fully saturated rings. The second-order valence-electron chi connectivity index (χ2n) is 4.26. The van der Waals surface area contributed by atoms with Crippen LogP contribution in [-0.4, -0.2) is 6.29 Å². The number of hydrogen-bond acceptors (Lipinski definition) is 3. The number of ether oxygens (including phenoxy) is 1. The third kappa shape index (κ3) is 2.80. The topological polar surface area (TPSA) is 39.4 Å². The van der Waals surface area contributed by atoms with Gasteiger partial charge >= 0.3 is 0 Å². The minimum absolute atomic E-state index is 0.265. The summed E-state index contributed by atoms with van der Waals surface area (Å²) in [6, 6.07) is 11.1. The van der Waals surface area contributed by atoms with Gasteiger partial charge in [0.15, 0.2) is 12.0 Å². The van der Waals surface area contributed by atoms with Gasteiger partial charge < -0.3 is 9.15 Å². The van der Waals surface area contributed by atoms with E-state index in [1.807, 2.05) is 24.3 Å². The van der Waals surface area contributed by atoms with Crippen molar-refractivity contribution < 1.29 is 13.9 Å². The first-order chi connectivity index (χ1) is 8.72. The zero-order valence-corrected chi connectivity index (χ0v) is 10.6.